The number of benzene rings is 2. The first-order chi connectivity index (χ1) is 14.7. The minimum absolute atomic E-state index is 0.136. The van der Waals surface area contributed by atoms with E-state index in [4.69, 9.17) is 9.47 Å². The average Bonchev–Trinajstić information content (AvgIpc) is 2.72. The lowest BCUT2D eigenvalue weighted by atomic mass is 10.1. The number of nitrogens with zero attached hydrogens (tertiary/aromatic N) is 1. The van der Waals surface area contributed by atoms with Gasteiger partial charge in [-0.3, -0.25) is 9.10 Å². The molecular weight excluding hydrogens is 420 g/mol. The van der Waals surface area contributed by atoms with Gasteiger partial charge in [-0.15, -0.1) is 0 Å². The van der Waals surface area contributed by atoms with Crippen LogP contribution in [0.1, 0.15) is 35.7 Å². The highest BCUT2D eigenvalue weighted by atomic mass is 32.2. The van der Waals surface area contributed by atoms with Crippen molar-refractivity contribution in [3.05, 3.63) is 53.6 Å². The van der Waals surface area contributed by atoms with Crippen LogP contribution in [-0.2, 0) is 19.6 Å². The first-order valence-electron chi connectivity index (χ1n) is 10.0. The van der Waals surface area contributed by atoms with Crippen LogP contribution in [-0.4, -0.2) is 45.8 Å². The SMILES string of the molecule is CCCCOC(=O)c1ccc(NC(=O)C2CN(S(C)(=O)=O)c3cc(C)ccc3O2)cc1. The minimum atomic E-state index is -3.60. The molecule has 1 N–H and O–H groups in total. The number of carbonyl (C=O) groups excluding carboxylic acids is 2. The normalized spacial score (nSPS) is 15.6. The smallest absolute Gasteiger partial charge is 0.338 e. The van der Waals surface area contributed by atoms with E-state index in [1.807, 2.05) is 13.8 Å². The van der Waals surface area contributed by atoms with Crippen LogP contribution in [0, 0.1) is 6.92 Å². The predicted molar refractivity (Wildman–Crippen MR) is 118 cm³/mol. The zero-order chi connectivity index (χ0) is 22.6. The number of unbranched alkanes of at least 4 members (excludes halogenated alkanes) is 1. The summed E-state index contributed by atoms with van der Waals surface area (Å²) in [7, 11) is -3.60. The molecule has 0 aromatic heterocycles. The first kappa shape index (κ1) is 22.6. The van der Waals surface area contributed by atoms with Crippen LogP contribution in [0.2, 0.25) is 0 Å². The van der Waals surface area contributed by atoms with Crippen molar-refractivity contribution in [2.24, 2.45) is 0 Å². The van der Waals surface area contributed by atoms with Gasteiger partial charge < -0.3 is 14.8 Å². The Morgan fingerprint density at radius 2 is 1.90 bits per heavy atom. The summed E-state index contributed by atoms with van der Waals surface area (Å²) in [4.78, 5) is 24.7. The molecule has 3 rings (SSSR count). The van der Waals surface area contributed by atoms with Crippen LogP contribution in [0.15, 0.2) is 42.5 Å². The average molecular weight is 447 g/mol. The largest absolute Gasteiger partial charge is 0.476 e. The molecule has 2 aromatic carbocycles. The quantitative estimate of drug-likeness (QED) is 0.518. The predicted octanol–water partition coefficient (Wildman–Crippen LogP) is 3.12. The van der Waals surface area contributed by atoms with E-state index in [1.54, 1.807) is 42.5 Å². The van der Waals surface area contributed by atoms with E-state index in [0.29, 0.717) is 29.3 Å². The molecule has 1 aliphatic rings. The fourth-order valence-electron chi connectivity index (χ4n) is 3.12. The molecule has 1 atom stereocenters. The first-order valence-corrected chi connectivity index (χ1v) is 11.9. The fraction of sp³-hybridized carbons (Fsp3) is 0.364. The van der Waals surface area contributed by atoms with Crippen molar-refractivity contribution in [3.63, 3.8) is 0 Å². The summed E-state index contributed by atoms with van der Waals surface area (Å²) in [6.07, 6.45) is 1.80. The van der Waals surface area contributed by atoms with Crippen LogP contribution in [0.5, 0.6) is 5.75 Å². The van der Waals surface area contributed by atoms with Crippen LogP contribution >= 0.6 is 0 Å². The summed E-state index contributed by atoms with van der Waals surface area (Å²) >= 11 is 0. The molecule has 1 heterocycles. The third-order valence-corrected chi connectivity index (χ3v) is 5.94. The van der Waals surface area contributed by atoms with Crippen molar-refractivity contribution in [2.45, 2.75) is 32.8 Å². The molecule has 166 valence electrons. The molecule has 0 fully saturated rings. The Hall–Kier alpha value is -3.07. The molecule has 8 nitrogen and oxygen atoms in total. The van der Waals surface area contributed by atoms with Gasteiger partial charge in [-0.05, 0) is 55.3 Å². The summed E-state index contributed by atoms with van der Waals surface area (Å²) in [5, 5.41) is 2.71. The van der Waals surface area contributed by atoms with Gasteiger partial charge in [-0.1, -0.05) is 19.4 Å². The molecule has 1 unspecified atom stereocenters. The maximum absolute atomic E-state index is 12.8. The Balaban J connectivity index is 1.70. The molecule has 0 saturated carbocycles. The number of ether oxygens (including phenoxy) is 2. The molecule has 2 aromatic rings. The van der Waals surface area contributed by atoms with E-state index in [1.165, 1.54) is 4.31 Å². The number of hydrogen-bond donors (Lipinski definition) is 1. The topological polar surface area (TPSA) is 102 Å². The number of aryl methyl sites for hydroxylation is 1. The Morgan fingerprint density at radius 1 is 1.19 bits per heavy atom. The number of hydrogen-bond acceptors (Lipinski definition) is 6. The van der Waals surface area contributed by atoms with Crippen molar-refractivity contribution in [3.8, 4) is 5.75 Å². The number of carbonyl (C=O) groups is 2. The molecule has 0 bridgehead atoms. The van der Waals surface area contributed by atoms with Crippen molar-refractivity contribution in [1.82, 2.24) is 0 Å². The van der Waals surface area contributed by atoms with E-state index in [2.05, 4.69) is 5.32 Å². The highest BCUT2D eigenvalue weighted by Gasteiger charge is 2.35. The number of rotatable bonds is 7. The lowest BCUT2D eigenvalue weighted by molar-refractivity contribution is -0.122. The lowest BCUT2D eigenvalue weighted by Gasteiger charge is -2.34. The summed E-state index contributed by atoms with van der Waals surface area (Å²) < 4.78 is 36.7. The van der Waals surface area contributed by atoms with Crippen molar-refractivity contribution < 1.29 is 27.5 Å². The fourth-order valence-corrected chi connectivity index (χ4v) is 4.02. The lowest BCUT2D eigenvalue weighted by Crippen LogP contribution is -2.48. The van der Waals surface area contributed by atoms with E-state index >= 15 is 0 Å². The number of sulfonamides is 1. The molecular formula is C22H26N2O6S. The number of esters is 1. The molecule has 31 heavy (non-hydrogen) atoms. The highest BCUT2D eigenvalue weighted by molar-refractivity contribution is 7.92. The third kappa shape index (κ3) is 5.55. The zero-order valence-electron chi connectivity index (χ0n) is 17.8. The van der Waals surface area contributed by atoms with Crippen molar-refractivity contribution in [2.75, 3.05) is 29.0 Å². The Bertz CT molecular complexity index is 1070. The van der Waals surface area contributed by atoms with Gasteiger partial charge in [0.25, 0.3) is 5.91 Å². The van der Waals surface area contributed by atoms with Gasteiger partial charge in [-0.25, -0.2) is 13.2 Å². The van der Waals surface area contributed by atoms with Crippen LogP contribution in [0.3, 0.4) is 0 Å². The maximum Gasteiger partial charge on any atom is 0.338 e. The molecule has 0 aliphatic carbocycles. The van der Waals surface area contributed by atoms with Gasteiger partial charge in [0.15, 0.2) is 6.10 Å². The molecule has 9 heteroatoms. The highest BCUT2D eigenvalue weighted by Crippen LogP contribution is 2.36. The second-order valence-corrected chi connectivity index (χ2v) is 9.33. The standard InChI is InChI=1S/C22H26N2O6S/c1-4-5-12-29-22(26)16-7-9-17(10-8-16)23-21(25)20-14-24(31(3,27)28)18-13-15(2)6-11-19(18)30-20/h6-11,13,20H,4-5,12,14H2,1-3H3,(H,23,25). The number of nitrogens with one attached hydrogen (secondary N) is 1. The van der Waals surface area contributed by atoms with Crippen LogP contribution < -0.4 is 14.4 Å². The van der Waals surface area contributed by atoms with Gasteiger partial charge >= 0.3 is 5.97 Å². The molecule has 0 radical (unpaired) electrons. The summed E-state index contributed by atoms with van der Waals surface area (Å²) in [6.45, 7) is 4.09. The number of anilines is 2. The van der Waals surface area contributed by atoms with Gasteiger partial charge in [0.2, 0.25) is 10.0 Å². The van der Waals surface area contributed by atoms with E-state index in [0.717, 1.165) is 24.7 Å². The van der Waals surface area contributed by atoms with Gasteiger partial charge in [0.1, 0.15) is 5.75 Å². The van der Waals surface area contributed by atoms with Crippen LogP contribution in [0.4, 0.5) is 11.4 Å². The molecule has 1 aliphatic heterocycles. The second kappa shape index (κ2) is 9.38. The van der Waals surface area contributed by atoms with Crippen LogP contribution in [0.25, 0.3) is 0 Å². The summed E-state index contributed by atoms with van der Waals surface area (Å²) in [5.41, 5.74) is 2.14. The number of amides is 1. The molecule has 0 spiro atoms. The van der Waals surface area contributed by atoms with E-state index in [9.17, 15) is 18.0 Å². The Kier molecular flexibility index (Phi) is 6.84. The Labute approximate surface area is 182 Å². The van der Waals surface area contributed by atoms with Gasteiger partial charge in [0.05, 0.1) is 30.7 Å². The maximum atomic E-state index is 12.8. The molecule has 0 saturated heterocycles. The summed E-state index contributed by atoms with van der Waals surface area (Å²) in [6, 6.07) is 11.5. The minimum Gasteiger partial charge on any atom is -0.476 e. The van der Waals surface area contributed by atoms with E-state index in [-0.39, 0.29) is 6.54 Å². The van der Waals surface area contributed by atoms with Gasteiger partial charge in [-0.2, -0.15) is 0 Å². The van der Waals surface area contributed by atoms with Gasteiger partial charge in [0, 0.05) is 5.69 Å². The van der Waals surface area contributed by atoms with Crippen molar-refractivity contribution >= 4 is 33.3 Å². The van der Waals surface area contributed by atoms with E-state index < -0.39 is 28.0 Å². The monoisotopic (exact) mass is 446 g/mol. The Morgan fingerprint density at radius 3 is 2.55 bits per heavy atom. The summed E-state index contributed by atoms with van der Waals surface area (Å²) in [5.74, 6) is -0.580. The zero-order valence-corrected chi connectivity index (χ0v) is 18.6. The van der Waals surface area contributed by atoms with Crippen molar-refractivity contribution in [1.29, 1.82) is 0 Å². The molecule has 1 amide bonds. The third-order valence-electron chi connectivity index (χ3n) is 4.80. The second-order valence-electron chi connectivity index (χ2n) is 7.43. The number of fused-ring (bicyclic) bond motifs is 1.